The summed E-state index contributed by atoms with van der Waals surface area (Å²) in [5.74, 6) is -0.0811. The average Bonchev–Trinajstić information content (AvgIpc) is 2.87. The maximum atomic E-state index is 11.3. The molecule has 2 N–H and O–H groups in total. The summed E-state index contributed by atoms with van der Waals surface area (Å²) < 4.78 is 0. The molecule has 1 saturated heterocycles. The highest BCUT2D eigenvalue weighted by molar-refractivity contribution is 5.85. The highest BCUT2D eigenvalue weighted by Crippen LogP contribution is 2.23. The highest BCUT2D eigenvalue weighted by Gasteiger charge is 2.25. The number of nitrogens with zero attached hydrogens (tertiary/aromatic N) is 3. The summed E-state index contributed by atoms with van der Waals surface area (Å²) in [5, 5.41) is 18.9. The van der Waals surface area contributed by atoms with Crippen molar-refractivity contribution >= 4 is 17.7 Å². The summed E-state index contributed by atoms with van der Waals surface area (Å²) in [6.07, 6.45) is 1.43. The van der Waals surface area contributed by atoms with Crippen LogP contribution in [0.4, 0.5) is 5.82 Å². The number of rotatable bonds is 4. The van der Waals surface area contributed by atoms with Gasteiger partial charge in [-0.2, -0.15) is 0 Å². The number of carbonyl (C=O) groups excluding carboxylic acids is 1. The van der Waals surface area contributed by atoms with Crippen molar-refractivity contribution in [3.05, 3.63) is 17.8 Å². The molecule has 102 valence electrons. The van der Waals surface area contributed by atoms with Gasteiger partial charge in [-0.15, -0.1) is 10.2 Å². The molecule has 0 saturated carbocycles. The van der Waals surface area contributed by atoms with Gasteiger partial charge in [-0.3, -0.25) is 4.79 Å². The molecule has 19 heavy (non-hydrogen) atoms. The molecule has 1 aromatic heterocycles. The van der Waals surface area contributed by atoms with E-state index in [1.165, 1.54) is 6.07 Å². The van der Waals surface area contributed by atoms with Crippen LogP contribution in [0.5, 0.6) is 0 Å². The molecule has 1 aromatic rings. The fraction of sp³-hybridized carbons (Fsp3) is 0.500. The van der Waals surface area contributed by atoms with Crippen molar-refractivity contribution in [1.29, 1.82) is 0 Å². The lowest BCUT2D eigenvalue weighted by atomic mass is 10.1. The zero-order chi connectivity index (χ0) is 13.8. The van der Waals surface area contributed by atoms with E-state index in [-0.39, 0.29) is 11.6 Å². The van der Waals surface area contributed by atoms with Gasteiger partial charge in [-0.25, -0.2) is 4.79 Å². The second kappa shape index (κ2) is 5.64. The minimum atomic E-state index is -1.09. The number of nitrogens with one attached hydrogen (secondary N) is 1. The summed E-state index contributed by atoms with van der Waals surface area (Å²) in [6.45, 7) is 1.55. The smallest absolute Gasteiger partial charge is 0.356 e. The minimum absolute atomic E-state index is 0.0409. The first-order valence-corrected chi connectivity index (χ1v) is 6.12. The van der Waals surface area contributed by atoms with Crippen LogP contribution < -0.4 is 10.2 Å². The third kappa shape index (κ3) is 3.18. The van der Waals surface area contributed by atoms with Crippen LogP contribution in [-0.4, -0.2) is 47.3 Å². The molecule has 0 aliphatic carbocycles. The number of carboxylic acid groups (broad SMARTS) is 1. The van der Waals surface area contributed by atoms with Gasteiger partial charge in [0.05, 0.1) is 0 Å². The van der Waals surface area contributed by atoms with Gasteiger partial charge in [-0.05, 0) is 24.5 Å². The quantitative estimate of drug-likeness (QED) is 0.803. The van der Waals surface area contributed by atoms with Gasteiger partial charge < -0.3 is 15.3 Å². The van der Waals surface area contributed by atoms with Crippen LogP contribution in [0.2, 0.25) is 0 Å². The fourth-order valence-corrected chi connectivity index (χ4v) is 2.18. The molecule has 2 rings (SSSR count). The van der Waals surface area contributed by atoms with Crippen molar-refractivity contribution in [2.75, 3.05) is 25.0 Å². The lowest BCUT2D eigenvalue weighted by molar-refractivity contribution is -0.121. The van der Waals surface area contributed by atoms with Crippen LogP contribution >= 0.6 is 0 Å². The highest BCUT2D eigenvalue weighted by atomic mass is 16.4. The van der Waals surface area contributed by atoms with Crippen LogP contribution in [0.25, 0.3) is 0 Å². The summed E-state index contributed by atoms with van der Waals surface area (Å²) >= 11 is 0. The Morgan fingerprint density at radius 3 is 2.84 bits per heavy atom. The molecule has 7 nitrogen and oxygen atoms in total. The Balaban J connectivity index is 1.96. The van der Waals surface area contributed by atoms with Crippen molar-refractivity contribution in [2.45, 2.75) is 12.8 Å². The molecule has 0 bridgehead atoms. The van der Waals surface area contributed by atoms with Gasteiger partial charge in [0.25, 0.3) is 0 Å². The number of aromatic carboxylic acids is 1. The first kappa shape index (κ1) is 13.3. The molecule has 1 aliphatic heterocycles. The number of hydrogen-bond acceptors (Lipinski definition) is 5. The zero-order valence-corrected chi connectivity index (χ0v) is 10.7. The second-order valence-electron chi connectivity index (χ2n) is 4.56. The maximum Gasteiger partial charge on any atom is 0.356 e. The fourth-order valence-electron chi connectivity index (χ4n) is 2.18. The molecule has 0 aromatic carbocycles. The third-order valence-electron chi connectivity index (χ3n) is 3.23. The molecular formula is C12H16N4O3. The van der Waals surface area contributed by atoms with Gasteiger partial charge >= 0.3 is 5.97 Å². The Labute approximate surface area is 110 Å². The predicted molar refractivity (Wildman–Crippen MR) is 68.0 cm³/mol. The molecule has 1 atom stereocenters. The third-order valence-corrected chi connectivity index (χ3v) is 3.23. The normalized spacial score (nSPS) is 18.4. The molecular weight excluding hydrogens is 248 g/mol. The minimum Gasteiger partial charge on any atom is -0.476 e. The van der Waals surface area contributed by atoms with Gasteiger partial charge in [0.1, 0.15) is 0 Å². The van der Waals surface area contributed by atoms with Crippen LogP contribution in [0, 0.1) is 5.92 Å². The first-order chi connectivity index (χ1) is 9.10. The monoisotopic (exact) mass is 264 g/mol. The van der Waals surface area contributed by atoms with E-state index in [4.69, 9.17) is 5.11 Å². The maximum absolute atomic E-state index is 11.3. The SMILES string of the molecule is CNC(=O)CC1CCN(c2ccc(C(=O)O)nn2)C1. The molecule has 0 spiro atoms. The lowest BCUT2D eigenvalue weighted by Crippen LogP contribution is -2.25. The van der Waals surface area contributed by atoms with E-state index in [2.05, 4.69) is 15.5 Å². The molecule has 2 heterocycles. The van der Waals surface area contributed by atoms with E-state index in [0.717, 1.165) is 19.5 Å². The Morgan fingerprint density at radius 2 is 2.26 bits per heavy atom. The molecule has 7 heteroatoms. The number of carbonyl (C=O) groups is 2. The number of carboxylic acids is 1. The van der Waals surface area contributed by atoms with Gasteiger partial charge in [-0.1, -0.05) is 0 Å². The number of aromatic nitrogens is 2. The van der Waals surface area contributed by atoms with E-state index >= 15 is 0 Å². The van der Waals surface area contributed by atoms with Gasteiger partial charge in [0.15, 0.2) is 11.5 Å². The molecule has 0 radical (unpaired) electrons. The van der Waals surface area contributed by atoms with Crippen molar-refractivity contribution < 1.29 is 14.7 Å². The van der Waals surface area contributed by atoms with Crippen LogP contribution in [0.15, 0.2) is 12.1 Å². The molecule has 1 amide bonds. The Kier molecular flexibility index (Phi) is 3.94. The number of amides is 1. The van der Waals surface area contributed by atoms with E-state index in [1.807, 2.05) is 4.90 Å². The lowest BCUT2D eigenvalue weighted by Gasteiger charge is -2.16. The molecule has 1 unspecified atom stereocenters. The van der Waals surface area contributed by atoms with E-state index < -0.39 is 5.97 Å². The van der Waals surface area contributed by atoms with Gasteiger partial charge in [0, 0.05) is 26.6 Å². The largest absolute Gasteiger partial charge is 0.476 e. The number of hydrogen-bond donors (Lipinski definition) is 2. The van der Waals surface area contributed by atoms with E-state index in [9.17, 15) is 9.59 Å². The standard InChI is InChI=1S/C12H16N4O3/c1-13-11(17)6-8-4-5-16(7-8)10-3-2-9(12(18)19)14-15-10/h2-3,8H,4-7H2,1H3,(H,13,17)(H,18,19). The Hall–Kier alpha value is -2.18. The van der Waals surface area contributed by atoms with Crippen molar-refractivity contribution in [2.24, 2.45) is 5.92 Å². The summed E-state index contributed by atoms with van der Waals surface area (Å²) in [4.78, 5) is 24.0. The summed E-state index contributed by atoms with van der Waals surface area (Å²) in [7, 11) is 1.63. The van der Waals surface area contributed by atoms with Crippen molar-refractivity contribution in [3.8, 4) is 0 Å². The Morgan fingerprint density at radius 1 is 1.47 bits per heavy atom. The summed E-state index contributed by atoms with van der Waals surface area (Å²) in [5.41, 5.74) is -0.0649. The van der Waals surface area contributed by atoms with Crippen LogP contribution in [0.1, 0.15) is 23.3 Å². The molecule has 1 aliphatic rings. The number of anilines is 1. The molecule has 1 fully saturated rings. The average molecular weight is 264 g/mol. The topological polar surface area (TPSA) is 95.4 Å². The van der Waals surface area contributed by atoms with Crippen LogP contribution in [-0.2, 0) is 4.79 Å². The van der Waals surface area contributed by atoms with Crippen molar-refractivity contribution in [3.63, 3.8) is 0 Å². The first-order valence-electron chi connectivity index (χ1n) is 6.12. The predicted octanol–water partition coefficient (Wildman–Crippen LogP) is 0.137. The van der Waals surface area contributed by atoms with Gasteiger partial charge in [0.2, 0.25) is 5.91 Å². The van der Waals surface area contributed by atoms with Crippen molar-refractivity contribution in [1.82, 2.24) is 15.5 Å². The van der Waals surface area contributed by atoms with E-state index in [0.29, 0.717) is 18.2 Å². The summed E-state index contributed by atoms with van der Waals surface area (Å²) in [6, 6.07) is 3.09. The van der Waals surface area contributed by atoms with Crippen LogP contribution in [0.3, 0.4) is 0 Å². The Bertz CT molecular complexity index is 474. The zero-order valence-electron chi connectivity index (χ0n) is 10.7. The second-order valence-corrected chi connectivity index (χ2v) is 4.56. The van der Waals surface area contributed by atoms with E-state index in [1.54, 1.807) is 13.1 Å².